The van der Waals surface area contributed by atoms with Crippen molar-refractivity contribution >= 4 is 5.97 Å². The summed E-state index contributed by atoms with van der Waals surface area (Å²) in [6, 6.07) is 4.98. The lowest BCUT2D eigenvalue weighted by molar-refractivity contribution is 0.0696. The summed E-state index contributed by atoms with van der Waals surface area (Å²) in [5, 5.41) is 8.85. The molecule has 3 heteroatoms. The van der Waals surface area contributed by atoms with Gasteiger partial charge in [0.25, 0.3) is 0 Å². The molecule has 0 heterocycles. The number of carboxylic acid groups (broad SMARTS) is 1. The zero-order valence-corrected chi connectivity index (χ0v) is 9.56. The summed E-state index contributed by atoms with van der Waals surface area (Å²) in [7, 11) is 0. The van der Waals surface area contributed by atoms with E-state index >= 15 is 0 Å². The highest BCUT2D eigenvalue weighted by molar-refractivity contribution is 5.89. The van der Waals surface area contributed by atoms with Crippen LogP contribution in [0, 0.1) is 6.92 Å². The number of carbonyl (C=O) groups is 1. The molecule has 0 aliphatic rings. The van der Waals surface area contributed by atoms with Crippen LogP contribution >= 0.6 is 0 Å². The largest absolute Gasteiger partial charge is 0.490 e. The molecule has 86 valence electrons. The van der Waals surface area contributed by atoms with Gasteiger partial charge in [0.05, 0.1) is 5.56 Å². The molecule has 1 aromatic carbocycles. The van der Waals surface area contributed by atoms with E-state index in [-0.39, 0.29) is 0 Å². The van der Waals surface area contributed by atoms with Gasteiger partial charge in [-0.1, -0.05) is 19.1 Å². The van der Waals surface area contributed by atoms with Crippen molar-refractivity contribution in [2.75, 3.05) is 6.61 Å². The molecule has 0 radical (unpaired) electrons. The quantitative estimate of drug-likeness (QED) is 0.776. The van der Waals surface area contributed by atoms with Crippen LogP contribution < -0.4 is 4.74 Å². The predicted octanol–water partition coefficient (Wildman–Crippen LogP) is 3.04. The average molecular weight is 220 g/mol. The molecule has 1 N–H and O–H groups in total. The fourth-order valence-electron chi connectivity index (χ4n) is 1.34. The molecule has 0 atom stereocenters. The van der Waals surface area contributed by atoms with Gasteiger partial charge in [-0.05, 0) is 37.1 Å². The molecule has 0 aromatic heterocycles. The van der Waals surface area contributed by atoms with Gasteiger partial charge in [-0.2, -0.15) is 0 Å². The van der Waals surface area contributed by atoms with E-state index in [0.717, 1.165) is 6.42 Å². The highest BCUT2D eigenvalue weighted by Gasteiger charge is 2.06. The third kappa shape index (κ3) is 3.42. The zero-order chi connectivity index (χ0) is 12.0. The summed E-state index contributed by atoms with van der Waals surface area (Å²) in [5.41, 5.74) is 1.03. The lowest BCUT2D eigenvalue weighted by atomic mass is 10.1. The van der Waals surface area contributed by atoms with Crippen LogP contribution in [0.1, 0.15) is 29.3 Å². The minimum atomic E-state index is -0.907. The number of benzene rings is 1. The number of hydrogen-bond acceptors (Lipinski definition) is 2. The van der Waals surface area contributed by atoms with E-state index in [1.54, 1.807) is 25.1 Å². The number of hydrogen-bond donors (Lipinski definition) is 1. The molecule has 0 aliphatic carbocycles. The summed E-state index contributed by atoms with van der Waals surface area (Å²) in [6.07, 6.45) is 4.96. The normalized spacial score (nSPS) is 10.6. The summed E-state index contributed by atoms with van der Waals surface area (Å²) < 4.78 is 5.44. The molecule has 3 nitrogen and oxygen atoms in total. The number of aromatic carboxylic acids is 1. The monoisotopic (exact) mass is 220 g/mol. The first-order valence-corrected chi connectivity index (χ1v) is 5.27. The topological polar surface area (TPSA) is 46.5 Å². The van der Waals surface area contributed by atoms with Gasteiger partial charge in [0, 0.05) is 0 Å². The average Bonchev–Trinajstić information content (AvgIpc) is 2.24. The van der Waals surface area contributed by atoms with Gasteiger partial charge in [0.1, 0.15) is 12.4 Å². The first kappa shape index (κ1) is 12.3. The van der Waals surface area contributed by atoms with Crippen molar-refractivity contribution in [3.63, 3.8) is 0 Å². The predicted molar refractivity (Wildman–Crippen MR) is 63.1 cm³/mol. The molecule has 0 saturated heterocycles. The molecule has 0 bridgehead atoms. The third-order valence-electron chi connectivity index (χ3n) is 2.18. The minimum absolute atomic E-state index is 0.316. The lowest BCUT2D eigenvalue weighted by Crippen LogP contribution is -2.00. The van der Waals surface area contributed by atoms with Gasteiger partial charge >= 0.3 is 5.97 Å². The van der Waals surface area contributed by atoms with Gasteiger partial charge in [0.15, 0.2) is 0 Å². The number of ether oxygens (including phenoxy) is 1. The minimum Gasteiger partial charge on any atom is -0.490 e. The van der Waals surface area contributed by atoms with Crippen LogP contribution in [0.25, 0.3) is 0 Å². The summed E-state index contributed by atoms with van der Waals surface area (Å²) in [6.45, 7) is 4.33. The Morgan fingerprint density at radius 1 is 1.44 bits per heavy atom. The molecule has 1 aromatic rings. The van der Waals surface area contributed by atoms with Crippen molar-refractivity contribution in [3.8, 4) is 5.75 Å². The van der Waals surface area contributed by atoms with Crippen molar-refractivity contribution in [3.05, 3.63) is 41.5 Å². The van der Waals surface area contributed by atoms with Crippen molar-refractivity contribution < 1.29 is 14.6 Å². The zero-order valence-electron chi connectivity index (χ0n) is 9.56. The molecule has 0 aliphatic heterocycles. The standard InChI is InChI=1S/C13H16O3/c1-3-4-5-8-16-11-6-7-12(13(14)15)10(2)9-11/h4-7,9H,3,8H2,1-2H3,(H,14,15)/b5-4-. The number of carboxylic acids is 1. The fraction of sp³-hybridized carbons (Fsp3) is 0.308. The maximum absolute atomic E-state index is 10.8. The first-order valence-electron chi connectivity index (χ1n) is 5.27. The van der Waals surface area contributed by atoms with Crippen molar-refractivity contribution in [1.29, 1.82) is 0 Å². The van der Waals surface area contributed by atoms with E-state index in [0.29, 0.717) is 23.5 Å². The van der Waals surface area contributed by atoms with Crippen LogP contribution in [0.2, 0.25) is 0 Å². The van der Waals surface area contributed by atoms with Gasteiger partial charge in [-0.3, -0.25) is 0 Å². The summed E-state index contributed by atoms with van der Waals surface area (Å²) in [5.74, 6) is -0.210. The molecule has 0 unspecified atom stereocenters. The van der Waals surface area contributed by atoms with Gasteiger partial charge in [-0.25, -0.2) is 4.79 Å². The molecule has 0 saturated carbocycles. The molecule has 16 heavy (non-hydrogen) atoms. The second-order valence-electron chi connectivity index (χ2n) is 3.47. The van der Waals surface area contributed by atoms with Crippen LogP contribution in [-0.2, 0) is 0 Å². The molecule has 1 rings (SSSR count). The van der Waals surface area contributed by atoms with E-state index in [1.807, 2.05) is 12.2 Å². The highest BCUT2D eigenvalue weighted by Crippen LogP contribution is 2.17. The van der Waals surface area contributed by atoms with Crippen molar-refractivity contribution in [2.24, 2.45) is 0 Å². The summed E-state index contributed by atoms with van der Waals surface area (Å²) >= 11 is 0. The Morgan fingerprint density at radius 3 is 2.75 bits per heavy atom. The van der Waals surface area contributed by atoms with Crippen LogP contribution in [0.4, 0.5) is 0 Å². The Hall–Kier alpha value is -1.77. The molecule has 0 fully saturated rings. The summed E-state index contributed by atoms with van der Waals surface area (Å²) in [4.78, 5) is 10.8. The Morgan fingerprint density at radius 2 is 2.19 bits per heavy atom. The third-order valence-corrected chi connectivity index (χ3v) is 2.18. The SMILES string of the molecule is CC/C=C\COc1ccc(C(=O)O)c(C)c1. The van der Waals surface area contributed by atoms with E-state index in [4.69, 9.17) is 9.84 Å². The van der Waals surface area contributed by atoms with Gasteiger partial charge in [-0.15, -0.1) is 0 Å². The second kappa shape index (κ2) is 5.95. The number of aryl methyl sites for hydroxylation is 1. The van der Waals surface area contributed by atoms with Crippen LogP contribution in [0.3, 0.4) is 0 Å². The Kier molecular flexibility index (Phi) is 4.58. The smallest absolute Gasteiger partial charge is 0.335 e. The first-order chi connectivity index (χ1) is 7.65. The van der Waals surface area contributed by atoms with E-state index in [1.165, 1.54) is 0 Å². The van der Waals surface area contributed by atoms with Crippen molar-refractivity contribution in [1.82, 2.24) is 0 Å². The Bertz CT molecular complexity index is 394. The molecular weight excluding hydrogens is 204 g/mol. The van der Waals surface area contributed by atoms with Crippen LogP contribution in [-0.4, -0.2) is 17.7 Å². The van der Waals surface area contributed by atoms with Crippen LogP contribution in [0.15, 0.2) is 30.4 Å². The molecule has 0 amide bonds. The maximum Gasteiger partial charge on any atom is 0.335 e. The van der Waals surface area contributed by atoms with E-state index in [2.05, 4.69) is 6.92 Å². The number of rotatable bonds is 5. The van der Waals surface area contributed by atoms with Gasteiger partial charge in [0.2, 0.25) is 0 Å². The van der Waals surface area contributed by atoms with Crippen LogP contribution in [0.5, 0.6) is 5.75 Å². The lowest BCUT2D eigenvalue weighted by Gasteiger charge is -2.06. The van der Waals surface area contributed by atoms with E-state index in [9.17, 15) is 4.79 Å². The maximum atomic E-state index is 10.8. The highest BCUT2D eigenvalue weighted by atomic mass is 16.5. The molecular formula is C13H16O3. The molecule has 0 spiro atoms. The number of allylic oxidation sites excluding steroid dienone is 1. The van der Waals surface area contributed by atoms with Crippen molar-refractivity contribution in [2.45, 2.75) is 20.3 Å². The van der Waals surface area contributed by atoms with Gasteiger partial charge < -0.3 is 9.84 Å². The fourth-order valence-corrected chi connectivity index (χ4v) is 1.34. The second-order valence-corrected chi connectivity index (χ2v) is 3.47. The Balaban J connectivity index is 2.66. The Labute approximate surface area is 95.4 Å². The van der Waals surface area contributed by atoms with E-state index < -0.39 is 5.97 Å².